The largest absolute Gasteiger partial charge is 0.481 e. The van der Waals surface area contributed by atoms with Crippen molar-refractivity contribution in [3.05, 3.63) is 34.3 Å². The number of hydrogen-bond donors (Lipinski definition) is 2. The summed E-state index contributed by atoms with van der Waals surface area (Å²) in [5.74, 6) is -0.988. The molecule has 1 aromatic rings. The Morgan fingerprint density at radius 2 is 2.15 bits per heavy atom. The molecule has 0 heterocycles. The third kappa shape index (κ3) is 3.60. The molecule has 1 amide bonds. The smallest absolute Gasteiger partial charge is 0.305 e. The Hall–Kier alpha value is -1.36. The van der Waals surface area contributed by atoms with Gasteiger partial charge in [-0.15, -0.1) is 0 Å². The van der Waals surface area contributed by atoms with Gasteiger partial charge in [0.1, 0.15) is 0 Å². The second kappa shape index (κ2) is 5.56. The average molecular weight is 340 g/mol. The van der Waals surface area contributed by atoms with Crippen LogP contribution < -0.4 is 5.32 Å². The normalized spacial score (nSPS) is 21.1. The van der Waals surface area contributed by atoms with Crippen LogP contribution in [0.4, 0.5) is 0 Å². The van der Waals surface area contributed by atoms with Gasteiger partial charge in [-0.05, 0) is 29.5 Å². The summed E-state index contributed by atoms with van der Waals surface area (Å²) in [5, 5.41) is 11.9. The van der Waals surface area contributed by atoms with Gasteiger partial charge < -0.3 is 10.4 Å². The van der Waals surface area contributed by atoms with E-state index in [2.05, 4.69) is 21.2 Å². The lowest BCUT2D eigenvalue weighted by atomic mass is 10.0. The summed E-state index contributed by atoms with van der Waals surface area (Å²) in [4.78, 5) is 23.2. The van der Waals surface area contributed by atoms with E-state index in [1.807, 2.05) is 38.1 Å². The first-order valence-corrected chi connectivity index (χ1v) is 7.36. The standard InChI is InChI=1S/C15H18BrNO3/c1-15(2)8-11(15)14(20)17-12(7-13(18)19)9-4-3-5-10(16)6-9/h3-6,11-12H,7-8H2,1-2H3,(H,17,20)(H,18,19)/t11-,12?/m1/s1. The van der Waals surface area contributed by atoms with Gasteiger partial charge >= 0.3 is 5.97 Å². The lowest BCUT2D eigenvalue weighted by molar-refractivity contribution is -0.137. The summed E-state index contributed by atoms with van der Waals surface area (Å²) < 4.78 is 0.867. The molecule has 2 rings (SSSR count). The van der Waals surface area contributed by atoms with Gasteiger partial charge in [-0.1, -0.05) is 41.9 Å². The molecule has 0 aliphatic heterocycles. The lowest BCUT2D eigenvalue weighted by Crippen LogP contribution is -2.32. The van der Waals surface area contributed by atoms with Crippen molar-refractivity contribution in [1.29, 1.82) is 0 Å². The number of hydrogen-bond acceptors (Lipinski definition) is 2. The third-order valence-corrected chi connectivity index (χ3v) is 4.27. The van der Waals surface area contributed by atoms with Gasteiger partial charge in [0.25, 0.3) is 0 Å². The van der Waals surface area contributed by atoms with Gasteiger partial charge in [0.15, 0.2) is 0 Å². The molecule has 1 aromatic carbocycles. The van der Waals surface area contributed by atoms with Crippen LogP contribution in [-0.2, 0) is 9.59 Å². The Bertz CT molecular complexity index is 542. The van der Waals surface area contributed by atoms with E-state index in [1.54, 1.807) is 0 Å². The molecule has 0 radical (unpaired) electrons. The van der Waals surface area contributed by atoms with Gasteiger partial charge in [-0.25, -0.2) is 0 Å². The Morgan fingerprint density at radius 3 is 2.65 bits per heavy atom. The molecular formula is C15H18BrNO3. The highest BCUT2D eigenvalue weighted by molar-refractivity contribution is 9.10. The molecule has 1 unspecified atom stereocenters. The highest BCUT2D eigenvalue weighted by Gasteiger charge is 2.50. The van der Waals surface area contributed by atoms with Crippen LogP contribution >= 0.6 is 15.9 Å². The van der Waals surface area contributed by atoms with Crippen molar-refractivity contribution >= 4 is 27.8 Å². The highest BCUT2D eigenvalue weighted by Crippen LogP contribution is 2.51. The number of nitrogens with one attached hydrogen (secondary N) is 1. The van der Waals surface area contributed by atoms with E-state index < -0.39 is 12.0 Å². The first kappa shape index (κ1) is 15.0. The van der Waals surface area contributed by atoms with Crippen LogP contribution in [0.1, 0.15) is 38.3 Å². The van der Waals surface area contributed by atoms with Crippen LogP contribution in [0.2, 0.25) is 0 Å². The summed E-state index contributed by atoms with van der Waals surface area (Å²) in [6.45, 7) is 4.09. The van der Waals surface area contributed by atoms with Crippen molar-refractivity contribution in [2.24, 2.45) is 11.3 Å². The molecule has 0 saturated heterocycles. The summed E-state index contributed by atoms with van der Waals surface area (Å²) in [5.41, 5.74) is 0.836. The van der Waals surface area contributed by atoms with Crippen LogP contribution in [0.5, 0.6) is 0 Å². The fourth-order valence-electron chi connectivity index (χ4n) is 2.34. The second-order valence-corrected chi connectivity index (χ2v) is 6.88. The van der Waals surface area contributed by atoms with E-state index in [4.69, 9.17) is 5.11 Å². The van der Waals surface area contributed by atoms with Crippen molar-refractivity contribution in [2.45, 2.75) is 32.7 Å². The quantitative estimate of drug-likeness (QED) is 0.865. The molecule has 0 spiro atoms. The van der Waals surface area contributed by atoms with Gasteiger partial charge in [-0.2, -0.15) is 0 Å². The van der Waals surface area contributed by atoms with Crippen LogP contribution in [0.15, 0.2) is 28.7 Å². The van der Waals surface area contributed by atoms with Crippen LogP contribution in [0, 0.1) is 11.3 Å². The van der Waals surface area contributed by atoms with Crippen molar-refractivity contribution in [1.82, 2.24) is 5.32 Å². The zero-order valence-corrected chi connectivity index (χ0v) is 13.1. The van der Waals surface area contributed by atoms with E-state index in [9.17, 15) is 9.59 Å². The molecule has 0 aromatic heterocycles. The number of carboxylic acid groups (broad SMARTS) is 1. The number of amides is 1. The summed E-state index contributed by atoms with van der Waals surface area (Å²) in [7, 11) is 0. The third-order valence-electron chi connectivity index (χ3n) is 3.78. The van der Waals surface area contributed by atoms with Crippen molar-refractivity contribution in [3.8, 4) is 0 Å². The number of carboxylic acids is 1. The first-order valence-electron chi connectivity index (χ1n) is 6.57. The second-order valence-electron chi connectivity index (χ2n) is 5.96. The molecule has 20 heavy (non-hydrogen) atoms. The maximum absolute atomic E-state index is 12.2. The monoisotopic (exact) mass is 339 g/mol. The summed E-state index contributed by atoms with van der Waals surface area (Å²) >= 11 is 3.36. The summed E-state index contributed by atoms with van der Waals surface area (Å²) in [6, 6.07) is 6.88. The summed E-state index contributed by atoms with van der Waals surface area (Å²) in [6.07, 6.45) is 0.743. The van der Waals surface area contributed by atoms with Gasteiger partial charge in [0.05, 0.1) is 12.5 Å². The Labute approximate surface area is 126 Å². The van der Waals surface area contributed by atoms with E-state index in [1.165, 1.54) is 0 Å². The van der Waals surface area contributed by atoms with Crippen LogP contribution in [-0.4, -0.2) is 17.0 Å². The maximum atomic E-state index is 12.2. The molecule has 1 aliphatic carbocycles. The molecule has 5 heteroatoms. The topological polar surface area (TPSA) is 66.4 Å². The average Bonchev–Trinajstić information content (AvgIpc) is 2.97. The van der Waals surface area contributed by atoms with E-state index in [-0.39, 0.29) is 23.7 Å². The zero-order valence-electron chi connectivity index (χ0n) is 11.5. The van der Waals surface area contributed by atoms with E-state index in [0.29, 0.717) is 0 Å². The predicted octanol–water partition coefficient (Wildman–Crippen LogP) is 3.13. The molecule has 2 N–H and O–H groups in total. The van der Waals surface area contributed by atoms with Gasteiger partial charge in [0, 0.05) is 10.4 Å². The first-order chi connectivity index (χ1) is 9.29. The van der Waals surface area contributed by atoms with Gasteiger partial charge in [0.2, 0.25) is 5.91 Å². The zero-order chi connectivity index (χ0) is 14.9. The van der Waals surface area contributed by atoms with Crippen LogP contribution in [0.3, 0.4) is 0 Å². The minimum Gasteiger partial charge on any atom is -0.481 e. The lowest BCUT2D eigenvalue weighted by Gasteiger charge is -2.18. The van der Waals surface area contributed by atoms with Crippen molar-refractivity contribution < 1.29 is 14.7 Å². The maximum Gasteiger partial charge on any atom is 0.305 e. The molecule has 1 fully saturated rings. The molecule has 1 saturated carbocycles. The molecule has 108 valence electrons. The highest BCUT2D eigenvalue weighted by atomic mass is 79.9. The molecule has 0 bridgehead atoms. The van der Waals surface area contributed by atoms with E-state index >= 15 is 0 Å². The predicted molar refractivity (Wildman–Crippen MR) is 79.2 cm³/mol. The molecular weight excluding hydrogens is 322 g/mol. The fourth-order valence-corrected chi connectivity index (χ4v) is 2.75. The minimum atomic E-state index is -0.926. The van der Waals surface area contributed by atoms with Gasteiger partial charge in [-0.3, -0.25) is 9.59 Å². The van der Waals surface area contributed by atoms with E-state index in [0.717, 1.165) is 16.5 Å². The Kier molecular flexibility index (Phi) is 4.18. The number of rotatable bonds is 5. The Morgan fingerprint density at radius 1 is 1.50 bits per heavy atom. The number of benzene rings is 1. The van der Waals surface area contributed by atoms with Crippen LogP contribution in [0.25, 0.3) is 0 Å². The molecule has 2 atom stereocenters. The number of carbonyl (C=O) groups is 2. The molecule has 4 nitrogen and oxygen atoms in total. The van der Waals surface area contributed by atoms with Crippen molar-refractivity contribution in [2.75, 3.05) is 0 Å². The van der Waals surface area contributed by atoms with Crippen molar-refractivity contribution in [3.63, 3.8) is 0 Å². The number of carbonyl (C=O) groups excluding carboxylic acids is 1. The number of aliphatic carboxylic acids is 1. The SMILES string of the molecule is CC1(C)C[C@@H]1C(=O)NC(CC(=O)O)c1cccc(Br)c1. The Balaban J connectivity index is 2.12. The fraction of sp³-hybridized carbons (Fsp3) is 0.467. The molecule has 1 aliphatic rings. The minimum absolute atomic E-state index is 0.00838. The number of halogens is 1.